The number of carbonyl (C=O) groups is 1. The molecule has 1 heteroatoms. The minimum absolute atomic E-state index is 0.198. The van der Waals surface area contributed by atoms with E-state index < -0.39 is 0 Å². The summed E-state index contributed by atoms with van der Waals surface area (Å²) >= 11 is 0. The van der Waals surface area contributed by atoms with Crippen LogP contribution in [0.4, 0.5) is 0 Å². The normalized spacial score (nSPS) is 19.0. The molecule has 0 fully saturated rings. The Kier molecular flexibility index (Phi) is 4.72. The molecule has 16 heavy (non-hydrogen) atoms. The summed E-state index contributed by atoms with van der Waals surface area (Å²) in [4.78, 5) is 12.0. The summed E-state index contributed by atoms with van der Waals surface area (Å²) in [6.07, 6.45) is 8.15. The van der Waals surface area contributed by atoms with Crippen LogP contribution in [0.5, 0.6) is 0 Å². The first-order chi connectivity index (χ1) is 7.50. The van der Waals surface area contributed by atoms with Crippen LogP contribution in [-0.4, -0.2) is 5.78 Å². The monoisotopic (exact) mass is 218 g/mol. The lowest BCUT2D eigenvalue weighted by Gasteiger charge is -2.09. The topological polar surface area (TPSA) is 17.1 Å². The lowest BCUT2D eigenvalue weighted by atomic mass is 9.95. The van der Waals surface area contributed by atoms with Crippen molar-refractivity contribution in [2.24, 2.45) is 0 Å². The third-order valence-electron chi connectivity index (χ3n) is 3.08. The van der Waals surface area contributed by atoms with E-state index in [9.17, 15) is 4.79 Å². The van der Waals surface area contributed by atoms with Gasteiger partial charge in [-0.3, -0.25) is 4.79 Å². The van der Waals surface area contributed by atoms with Gasteiger partial charge in [0, 0.05) is 5.57 Å². The van der Waals surface area contributed by atoms with Crippen molar-refractivity contribution < 1.29 is 4.79 Å². The van der Waals surface area contributed by atoms with Crippen molar-refractivity contribution in [2.75, 3.05) is 0 Å². The average molecular weight is 218 g/mol. The Labute approximate surface area is 98.9 Å². The highest BCUT2D eigenvalue weighted by molar-refractivity contribution is 6.05. The zero-order chi connectivity index (χ0) is 12.1. The SMILES string of the molecule is CC1=CCC(=C(C)C)C(=O)C=C(C)CCC1. The van der Waals surface area contributed by atoms with Crippen LogP contribution in [0.1, 0.15) is 53.4 Å². The third-order valence-corrected chi connectivity index (χ3v) is 3.08. The highest BCUT2D eigenvalue weighted by Crippen LogP contribution is 2.19. The summed E-state index contributed by atoms with van der Waals surface area (Å²) < 4.78 is 0. The van der Waals surface area contributed by atoms with Crippen molar-refractivity contribution in [3.63, 3.8) is 0 Å². The second-order valence-electron chi connectivity index (χ2n) is 4.94. The molecule has 0 saturated carbocycles. The molecule has 0 unspecified atom stereocenters. The fourth-order valence-electron chi connectivity index (χ4n) is 1.96. The van der Waals surface area contributed by atoms with Crippen LogP contribution in [0.15, 0.2) is 34.4 Å². The fraction of sp³-hybridized carbons (Fsp3) is 0.533. The van der Waals surface area contributed by atoms with Crippen LogP contribution in [0.2, 0.25) is 0 Å². The quantitative estimate of drug-likeness (QED) is 0.436. The summed E-state index contributed by atoms with van der Waals surface area (Å²) in [5.74, 6) is 0.198. The molecule has 0 aromatic rings. The van der Waals surface area contributed by atoms with Crippen molar-refractivity contribution in [2.45, 2.75) is 53.4 Å². The van der Waals surface area contributed by atoms with Crippen molar-refractivity contribution in [3.05, 3.63) is 34.4 Å². The van der Waals surface area contributed by atoms with Gasteiger partial charge in [-0.2, -0.15) is 0 Å². The summed E-state index contributed by atoms with van der Waals surface area (Å²) in [7, 11) is 0. The zero-order valence-electron chi connectivity index (χ0n) is 10.9. The molecule has 0 atom stereocenters. The van der Waals surface area contributed by atoms with Crippen LogP contribution in [0.25, 0.3) is 0 Å². The van der Waals surface area contributed by atoms with E-state index in [1.165, 1.54) is 11.1 Å². The molecule has 0 aliphatic heterocycles. The zero-order valence-corrected chi connectivity index (χ0v) is 10.9. The van der Waals surface area contributed by atoms with E-state index in [2.05, 4.69) is 19.9 Å². The van der Waals surface area contributed by atoms with Crippen LogP contribution in [-0.2, 0) is 4.79 Å². The van der Waals surface area contributed by atoms with Crippen LogP contribution in [0, 0.1) is 0 Å². The third kappa shape index (κ3) is 3.80. The molecule has 0 N–H and O–H groups in total. The Morgan fingerprint density at radius 2 is 1.75 bits per heavy atom. The maximum absolute atomic E-state index is 12.0. The Morgan fingerprint density at radius 1 is 1.12 bits per heavy atom. The molecule has 1 nitrogen and oxygen atoms in total. The number of hydrogen-bond acceptors (Lipinski definition) is 1. The van der Waals surface area contributed by atoms with Crippen LogP contribution in [0.3, 0.4) is 0 Å². The first-order valence-electron chi connectivity index (χ1n) is 6.04. The molecule has 1 aliphatic rings. The van der Waals surface area contributed by atoms with Crippen molar-refractivity contribution >= 4 is 5.78 Å². The highest BCUT2D eigenvalue weighted by atomic mass is 16.1. The standard InChI is InChI=1S/C15H22O/c1-11(2)14-9-8-12(3)6-5-7-13(4)10-15(14)16/h8,10H,5-7,9H2,1-4H3. The maximum Gasteiger partial charge on any atom is 0.182 e. The second-order valence-corrected chi connectivity index (χ2v) is 4.94. The highest BCUT2D eigenvalue weighted by Gasteiger charge is 2.09. The predicted molar refractivity (Wildman–Crippen MR) is 69.4 cm³/mol. The van der Waals surface area contributed by atoms with Gasteiger partial charge >= 0.3 is 0 Å². The number of allylic oxidation sites excluding steroid dienone is 6. The van der Waals surface area contributed by atoms with Gasteiger partial charge in [0.2, 0.25) is 0 Å². The van der Waals surface area contributed by atoms with Crippen LogP contribution >= 0.6 is 0 Å². The molecule has 0 aromatic carbocycles. The second kappa shape index (κ2) is 5.83. The van der Waals surface area contributed by atoms with E-state index >= 15 is 0 Å². The van der Waals surface area contributed by atoms with E-state index in [1.54, 1.807) is 0 Å². The van der Waals surface area contributed by atoms with E-state index in [0.29, 0.717) is 0 Å². The number of carbonyl (C=O) groups excluding carboxylic acids is 1. The summed E-state index contributed by atoms with van der Waals surface area (Å²) in [5, 5.41) is 0. The Morgan fingerprint density at radius 3 is 2.38 bits per heavy atom. The average Bonchev–Trinajstić information content (AvgIpc) is 2.16. The largest absolute Gasteiger partial charge is 0.290 e. The van der Waals surface area contributed by atoms with E-state index in [0.717, 1.165) is 36.8 Å². The molecule has 0 bridgehead atoms. The van der Waals surface area contributed by atoms with Gasteiger partial charge in [0.25, 0.3) is 0 Å². The van der Waals surface area contributed by atoms with Gasteiger partial charge < -0.3 is 0 Å². The van der Waals surface area contributed by atoms with Gasteiger partial charge in [-0.25, -0.2) is 0 Å². The molecular weight excluding hydrogens is 196 g/mol. The Balaban J connectivity index is 3.02. The first-order valence-corrected chi connectivity index (χ1v) is 6.04. The lowest BCUT2D eigenvalue weighted by Crippen LogP contribution is -2.02. The number of rotatable bonds is 0. The minimum atomic E-state index is 0.198. The minimum Gasteiger partial charge on any atom is -0.290 e. The predicted octanol–water partition coefficient (Wildman–Crippen LogP) is 4.36. The maximum atomic E-state index is 12.0. The van der Waals surface area contributed by atoms with Gasteiger partial charge in [0.05, 0.1) is 0 Å². The fourth-order valence-corrected chi connectivity index (χ4v) is 1.96. The smallest absolute Gasteiger partial charge is 0.182 e. The lowest BCUT2D eigenvalue weighted by molar-refractivity contribution is -0.111. The van der Waals surface area contributed by atoms with Crippen molar-refractivity contribution in [3.8, 4) is 0 Å². The van der Waals surface area contributed by atoms with E-state index in [4.69, 9.17) is 0 Å². The molecule has 0 heterocycles. The molecule has 0 aromatic heterocycles. The molecule has 1 rings (SSSR count). The molecule has 88 valence electrons. The van der Waals surface area contributed by atoms with Crippen molar-refractivity contribution in [1.82, 2.24) is 0 Å². The summed E-state index contributed by atoms with van der Waals surface area (Å²) in [5.41, 5.74) is 4.71. The summed E-state index contributed by atoms with van der Waals surface area (Å²) in [6.45, 7) is 8.26. The molecule has 0 spiro atoms. The van der Waals surface area contributed by atoms with Gasteiger partial charge in [-0.1, -0.05) is 22.8 Å². The number of ketones is 1. The van der Waals surface area contributed by atoms with E-state index in [-0.39, 0.29) is 5.78 Å². The van der Waals surface area contributed by atoms with Gasteiger partial charge in [-0.15, -0.1) is 0 Å². The summed E-state index contributed by atoms with van der Waals surface area (Å²) in [6, 6.07) is 0. The molecular formula is C15H22O. The van der Waals surface area contributed by atoms with Gasteiger partial charge in [-0.05, 0) is 59.5 Å². The number of hydrogen-bond donors (Lipinski definition) is 0. The van der Waals surface area contributed by atoms with Crippen molar-refractivity contribution in [1.29, 1.82) is 0 Å². The molecule has 0 saturated heterocycles. The first kappa shape index (κ1) is 13.0. The Bertz CT molecular complexity index is 363. The molecule has 1 aliphatic carbocycles. The van der Waals surface area contributed by atoms with E-state index in [1.807, 2.05) is 19.9 Å². The van der Waals surface area contributed by atoms with Crippen LogP contribution < -0.4 is 0 Å². The van der Waals surface area contributed by atoms with Gasteiger partial charge in [0.1, 0.15) is 0 Å². The Hall–Kier alpha value is -1.11. The molecule has 0 amide bonds. The van der Waals surface area contributed by atoms with Gasteiger partial charge in [0.15, 0.2) is 5.78 Å². The molecule has 0 radical (unpaired) electrons.